The van der Waals surface area contributed by atoms with Gasteiger partial charge >= 0.3 is 0 Å². The molecule has 0 radical (unpaired) electrons. The Morgan fingerprint density at radius 2 is 1.71 bits per heavy atom. The monoisotopic (exact) mass is 234 g/mol. The number of benzene rings is 1. The first kappa shape index (κ1) is 12.4. The molecule has 1 fully saturated rings. The van der Waals surface area contributed by atoms with Crippen molar-refractivity contribution in [3.63, 3.8) is 0 Å². The van der Waals surface area contributed by atoms with E-state index in [1.54, 1.807) is 0 Å². The Labute approximate surface area is 103 Å². The summed E-state index contributed by atoms with van der Waals surface area (Å²) in [6, 6.07) is 4.64. The number of aryl methyl sites for hydroxylation is 2. The van der Waals surface area contributed by atoms with Crippen molar-refractivity contribution in [2.45, 2.75) is 26.8 Å². The number of nitrogens with one attached hydrogen (secondary N) is 1. The van der Waals surface area contributed by atoms with Crippen LogP contribution in [-0.2, 0) is 0 Å². The lowest BCUT2D eigenvalue weighted by molar-refractivity contribution is 0.185. The van der Waals surface area contributed by atoms with Crippen LogP contribution in [0, 0.1) is 13.8 Å². The summed E-state index contributed by atoms with van der Waals surface area (Å²) in [7, 11) is 0. The second kappa shape index (κ2) is 5.07. The van der Waals surface area contributed by atoms with E-state index in [0.29, 0.717) is 11.8 Å². The molecule has 1 atom stereocenters. The van der Waals surface area contributed by atoms with E-state index < -0.39 is 0 Å². The van der Waals surface area contributed by atoms with Crippen LogP contribution in [0.4, 0.5) is 0 Å². The minimum atomic E-state index is 0.426. The Hall–Kier alpha value is -1.06. The highest BCUT2D eigenvalue weighted by atomic mass is 16.3. The molecular weight excluding hydrogens is 212 g/mol. The van der Waals surface area contributed by atoms with Crippen molar-refractivity contribution in [1.82, 2.24) is 10.2 Å². The molecule has 1 heterocycles. The Morgan fingerprint density at radius 1 is 1.18 bits per heavy atom. The fraction of sp³-hybridized carbons (Fsp3) is 0.571. The highest BCUT2D eigenvalue weighted by Gasteiger charge is 2.18. The molecule has 0 saturated carbocycles. The van der Waals surface area contributed by atoms with Gasteiger partial charge in [-0.25, -0.2) is 0 Å². The van der Waals surface area contributed by atoms with Gasteiger partial charge in [-0.05, 0) is 37.5 Å². The molecule has 1 aromatic carbocycles. The van der Waals surface area contributed by atoms with Crippen LogP contribution in [0.5, 0.6) is 5.75 Å². The molecule has 2 N–H and O–H groups in total. The van der Waals surface area contributed by atoms with Crippen LogP contribution in [0.3, 0.4) is 0 Å². The highest BCUT2D eigenvalue weighted by molar-refractivity contribution is 5.43. The van der Waals surface area contributed by atoms with Crippen molar-refractivity contribution >= 4 is 0 Å². The minimum Gasteiger partial charge on any atom is -0.507 e. The molecule has 17 heavy (non-hydrogen) atoms. The first-order valence-corrected chi connectivity index (χ1v) is 6.34. The van der Waals surface area contributed by atoms with Gasteiger partial charge in [-0.2, -0.15) is 0 Å². The summed E-state index contributed by atoms with van der Waals surface area (Å²) in [6.07, 6.45) is 0. The maximum atomic E-state index is 9.80. The predicted octanol–water partition coefficient (Wildman–Crippen LogP) is 1.98. The van der Waals surface area contributed by atoms with Crippen LogP contribution in [0.1, 0.15) is 29.7 Å². The molecular formula is C14H22N2O. The van der Waals surface area contributed by atoms with Crippen LogP contribution in [0.25, 0.3) is 0 Å². The van der Waals surface area contributed by atoms with Crippen molar-refractivity contribution in [3.05, 3.63) is 28.8 Å². The number of hydrogen-bond donors (Lipinski definition) is 2. The van der Waals surface area contributed by atoms with Gasteiger partial charge in [-0.3, -0.25) is 4.90 Å². The molecule has 94 valence electrons. The molecule has 0 spiro atoms. The molecule has 1 aliphatic heterocycles. The SMILES string of the molecule is Cc1cc([C@@H](C)N2CCNCC2)cc(C)c1O. The van der Waals surface area contributed by atoms with E-state index in [9.17, 15) is 5.11 Å². The molecule has 3 heteroatoms. The molecule has 0 aliphatic carbocycles. The van der Waals surface area contributed by atoms with Crippen molar-refractivity contribution < 1.29 is 5.11 Å². The molecule has 0 aromatic heterocycles. The zero-order valence-corrected chi connectivity index (χ0v) is 11.0. The van der Waals surface area contributed by atoms with Gasteiger partial charge in [0.25, 0.3) is 0 Å². The molecule has 1 aliphatic rings. The molecule has 1 saturated heterocycles. The standard InChI is InChI=1S/C14H22N2O/c1-10-8-13(9-11(2)14(10)17)12(3)16-6-4-15-5-7-16/h8-9,12,15,17H,4-7H2,1-3H3/t12-/m1/s1. The van der Waals surface area contributed by atoms with E-state index in [2.05, 4.69) is 29.3 Å². The lowest BCUT2D eigenvalue weighted by Gasteiger charge is -2.33. The second-order valence-electron chi connectivity index (χ2n) is 4.97. The first-order valence-electron chi connectivity index (χ1n) is 6.34. The van der Waals surface area contributed by atoms with Gasteiger partial charge in [0.15, 0.2) is 0 Å². The Kier molecular flexibility index (Phi) is 3.69. The predicted molar refractivity (Wildman–Crippen MR) is 70.4 cm³/mol. The van der Waals surface area contributed by atoms with Crippen LogP contribution < -0.4 is 5.32 Å². The van der Waals surface area contributed by atoms with E-state index in [1.165, 1.54) is 5.56 Å². The van der Waals surface area contributed by atoms with Crippen LogP contribution in [0.2, 0.25) is 0 Å². The number of hydrogen-bond acceptors (Lipinski definition) is 3. The largest absolute Gasteiger partial charge is 0.507 e. The normalized spacial score (nSPS) is 19.2. The summed E-state index contributed by atoms with van der Waals surface area (Å²) in [4.78, 5) is 2.49. The van der Waals surface area contributed by atoms with Gasteiger partial charge in [0.05, 0.1) is 0 Å². The third-order valence-electron chi connectivity index (χ3n) is 3.70. The topological polar surface area (TPSA) is 35.5 Å². The van der Waals surface area contributed by atoms with Gasteiger partial charge < -0.3 is 10.4 Å². The van der Waals surface area contributed by atoms with Crippen molar-refractivity contribution in [2.75, 3.05) is 26.2 Å². The Bertz CT molecular complexity index is 374. The molecule has 0 bridgehead atoms. The van der Waals surface area contributed by atoms with E-state index in [4.69, 9.17) is 0 Å². The molecule has 0 unspecified atom stereocenters. The summed E-state index contributed by atoms with van der Waals surface area (Å²) in [5.74, 6) is 0.432. The second-order valence-corrected chi connectivity index (χ2v) is 4.97. The Morgan fingerprint density at radius 3 is 2.24 bits per heavy atom. The summed E-state index contributed by atoms with van der Waals surface area (Å²) in [5.41, 5.74) is 3.25. The van der Waals surface area contributed by atoms with Crippen LogP contribution in [0.15, 0.2) is 12.1 Å². The van der Waals surface area contributed by atoms with Gasteiger partial charge in [0.1, 0.15) is 5.75 Å². The average molecular weight is 234 g/mol. The lowest BCUT2D eigenvalue weighted by atomic mass is 10.00. The van der Waals surface area contributed by atoms with Crippen LogP contribution >= 0.6 is 0 Å². The summed E-state index contributed by atoms with van der Waals surface area (Å²) in [5, 5.41) is 13.2. The van der Waals surface area contributed by atoms with Crippen molar-refractivity contribution in [1.29, 1.82) is 0 Å². The number of nitrogens with zero attached hydrogens (tertiary/aromatic N) is 1. The summed E-state index contributed by atoms with van der Waals surface area (Å²) < 4.78 is 0. The molecule has 3 nitrogen and oxygen atoms in total. The fourth-order valence-electron chi connectivity index (χ4n) is 2.51. The third-order valence-corrected chi connectivity index (χ3v) is 3.70. The smallest absolute Gasteiger partial charge is 0.121 e. The average Bonchev–Trinajstić information content (AvgIpc) is 2.35. The van der Waals surface area contributed by atoms with E-state index >= 15 is 0 Å². The van der Waals surface area contributed by atoms with Gasteiger partial charge in [0, 0.05) is 32.2 Å². The molecule has 0 amide bonds. The van der Waals surface area contributed by atoms with E-state index in [1.807, 2.05) is 13.8 Å². The molecule has 2 rings (SSSR count). The summed E-state index contributed by atoms with van der Waals surface area (Å²) in [6.45, 7) is 10.5. The summed E-state index contributed by atoms with van der Waals surface area (Å²) >= 11 is 0. The van der Waals surface area contributed by atoms with Gasteiger partial charge in [-0.15, -0.1) is 0 Å². The maximum absolute atomic E-state index is 9.80. The van der Waals surface area contributed by atoms with Crippen molar-refractivity contribution in [2.24, 2.45) is 0 Å². The zero-order chi connectivity index (χ0) is 12.4. The quantitative estimate of drug-likeness (QED) is 0.821. The fourth-order valence-corrected chi connectivity index (χ4v) is 2.51. The highest BCUT2D eigenvalue weighted by Crippen LogP contribution is 2.28. The zero-order valence-electron chi connectivity index (χ0n) is 11.0. The van der Waals surface area contributed by atoms with Crippen molar-refractivity contribution in [3.8, 4) is 5.75 Å². The lowest BCUT2D eigenvalue weighted by Crippen LogP contribution is -2.44. The van der Waals surface area contributed by atoms with Gasteiger partial charge in [-0.1, -0.05) is 12.1 Å². The number of phenols is 1. The molecule has 1 aromatic rings. The minimum absolute atomic E-state index is 0.426. The number of aromatic hydroxyl groups is 1. The Balaban J connectivity index is 2.21. The first-order chi connectivity index (χ1) is 8.09. The van der Waals surface area contributed by atoms with E-state index in [0.717, 1.165) is 37.3 Å². The number of piperazine rings is 1. The maximum Gasteiger partial charge on any atom is 0.121 e. The van der Waals surface area contributed by atoms with Gasteiger partial charge in [0.2, 0.25) is 0 Å². The number of phenolic OH excluding ortho intramolecular Hbond substituents is 1. The number of rotatable bonds is 2. The van der Waals surface area contributed by atoms with Crippen LogP contribution in [-0.4, -0.2) is 36.2 Å². The van der Waals surface area contributed by atoms with E-state index in [-0.39, 0.29) is 0 Å². The third kappa shape index (κ3) is 2.61.